The summed E-state index contributed by atoms with van der Waals surface area (Å²) in [5.41, 5.74) is 2.55. The summed E-state index contributed by atoms with van der Waals surface area (Å²) >= 11 is 0. The first-order chi connectivity index (χ1) is 7.38. The van der Waals surface area contributed by atoms with Gasteiger partial charge in [0.25, 0.3) is 0 Å². The summed E-state index contributed by atoms with van der Waals surface area (Å²) in [6.07, 6.45) is 5.54. The van der Waals surface area contributed by atoms with Crippen LogP contribution in [0, 0.1) is 5.92 Å². The molecule has 0 aliphatic heterocycles. The lowest BCUT2D eigenvalue weighted by atomic mass is 10.1. The van der Waals surface area contributed by atoms with Crippen LogP contribution in [0.15, 0.2) is 29.4 Å². The molecule has 0 saturated heterocycles. The standard InChI is InChI=1S/C13H17NO/c1-2-11-4-3-5-13(8-11)10-15-14-9-12-6-7-12/h3-5,8-9,12H,2,6-7,10H2,1H3. The Labute approximate surface area is 90.9 Å². The molecule has 1 fully saturated rings. The minimum absolute atomic E-state index is 0.580. The van der Waals surface area contributed by atoms with Crippen molar-refractivity contribution in [1.29, 1.82) is 0 Å². The van der Waals surface area contributed by atoms with Crippen LogP contribution in [0.25, 0.3) is 0 Å². The molecule has 0 heterocycles. The summed E-state index contributed by atoms with van der Waals surface area (Å²) in [6.45, 7) is 2.74. The normalized spacial score (nSPS) is 15.8. The van der Waals surface area contributed by atoms with Crippen LogP contribution in [-0.4, -0.2) is 6.21 Å². The van der Waals surface area contributed by atoms with Crippen LogP contribution in [0.3, 0.4) is 0 Å². The SMILES string of the molecule is CCc1cccc(CON=CC2CC2)c1. The molecule has 15 heavy (non-hydrogen) atoms. The van der Waals surface area contributed by atoms with Gasteiger partial charge in [-0.15, -0.1) is 0 Å². The highest BCUT2D eigenvalue weighted by Crippen LogP contribution is 2.26. The van der Waals surface area contributed by atoms with E-state index in [0.717, 1.165) is 6.42 Å². The quantitative estimate of drug-likeness (QED) is 0.532. The summed E-state index contributed by atoms with van der Waals surface area (Å²) in [5.74, 6) is 0.687. The maximum absolute atomic E-state index is 5.24. The summed E-state index contributed by atoms with van der Waals surface area (Å²) in [5, 5.41) is 3.96. The molecular weight excluding hydrogens is 186 g/mol. The average Bonchev–Trinajstić information content (AvgIpc) is 3.09. The highest BCUT2D eigenvalue weighted by molar-refractivity contribution is 5.62. The molecule has 80 valence electrons. The fourth-order valence-electron chi connectivity index (χ4n) is 1.43. The van der Waals surface area contributed by atoms with E-state index in [1.807, 2.05) is 6.21 Å². The fraction of sp³-hybridized carbons (Fsp3) is 0.462. The third-order valence-electron chi connectivity index (χ3n) is 2.60. The number of hydrogen-bond donors (Lipinski definition) is 0. The molecule has 0 bridgehead atoms. The van der Waals surface area contributed by atoms with Gasteiger partial charge in [-0.2, -0.15) is 0 Å². The fourth-order valence-corrected chi connectivity index (χ4v) is 1.43. The molecule has 0 radical (unpaired) electrons. The molecule has 0 atom stereocenters. The maximum atomic E-state index is 5.24. The first-order valence-corrected chi connectivity index (χ1v) is 5.61. The van der Waals surface area contributed by atoms with Gasteiger partial charge in [-0.3, -0.25) is 0 Å². The van der Waals surface area contributed by atoms with Gasteiger partial charge < -0.3 is 4.84 Å². The van der Waals surface area contributed by atoms with Gasteiger partial charge in [0.1, 0.15) is 6.61 Å². The van der Waals surface area contributed by atoms with Gasteiger partial charge >= 0.3 is 0 Å². The van der Waals surface area contributed by atoms with Crippen LogP contribution < -0.4 is 0 Å². The Balaban J connectivity index is 1.81. The number of oxime groups is 1. The summed E-state index contributed by atoms with van der Waals surface area (Å²) in [7, 11) is 0. The van der Waals surface area contributed by atoms with Crippen molar-refractivity contribution < 1.29 is 4.84 Å². The molecule has 2 heteroatoms. The van der Waals surface area contributed by atoms with Gasteiger partial charge in [-0.1, -0.05) is 36.3 Å². The molecule has 1 aliphatic rings. The molecule has 1 aromatic rings. The van der Waals surface area contributed by atoms with Gasteiger partial charge in [-0.05, 0) is 36.3 Å². The predicted molar refractivity (Wildman–Crippen MR) is 61.8 cm³/mol. The second-order valence-electron chi connectivity index (χ2n) is 4.04. The average molecular weight is 203 g/mol. The third-order valence-corrected chi connectivity index (χ3v) is 2.60. The van der Waals surface area contributed by atoms with Crippen LogP contribution in [0.5, 0.6) is 0 Å². The van der Waals surface area contributed by atoms with E-state index in [9.17, 15) is 0 Å². The van der Waals surface area contributed by atoms with Crippen molar-refractivity contribution in [2.45, 2.75) is 32.8 Å². The summed E-state index contributed by atoms with van der Waals surface area (Å²) in [6, 6.07) is 8.46. The van der Waals surface area contributed by atoms with Crippen LogP contribution >= 0.6 is 0 Å². The lowest BCUT2D eigenvalue weighted by molar-refractivity contribution is 0.131. The zero-order valence-corrected chi connectivity index (χ0v) is 9.15. The second-order valence-corrected chi connectivity index (χ2v) is 4.04. The Hall–Kier alpha value is -1.31. The Morgan fingerprint density at radius 1 is 1.40 bits per heavy atom. The molecule has 1 aliphatic carbocycles. The van der Waals surface area contributed by atoms with Gasteiger partial charge in [0.05, 0.1) is 0 Å². The maximum Gasteiger partial charge on any atom is 0.142 e. The molecule has 1 aromatic carbocycles. The Bertz CT molecular complexity index is 342. The van der Waals surface area contributed by atoms with Gasteiger partial charge in [0.15, 0.2) is 0 Å². The number of rotatable bonds is 5. The van der Waals surface area contributed by atoms with E-state index >= 15 is 0 Å². The molecular formula is C13H17NO. The monoisotopic (exact) mass is 203 g/mol. The summed E-state index contributed by atoms with van der Waals surface area (Å²) < 4.78 is 0. The number of nitrogens with zero attached hydrogens (tertiary/aromatic N) is 1. The molecule has 2 rings (SSSR count). The Morgan fingerprint density at radius 2 is 2.20 bits per heavy atom. The highest BCUT2D eigenvalue weighted by atomic mass is 16.6. The van der Waals surface area contributed by atoms with Crippen molar-refractivity contribution in [1.82, 2.24) is 0 Å². The van der Waals surface area contributed by atoms with E-state index in [2.05, 4.69) is 36.3 Å². The van der Waals surface area contributed by atoms with E-state index in [1.54, 1.807) is 0 Å². The van der Waals surface area contributed by atoms with Crippen molar-refractivity contribution >= 4 is 6.21 Å². The van der Waals surface area contributed by atoms with Crippen LogP contribution in [0.1, 0.15) is 30.9 Å². The summed E-state index contributed by atoms with van der Waals surface area (Å²) in [4.78, 5) is 5.24. The molecule has 2 nitrogen and oxygen atoms in total. The molecule has 0 N–H and O–H groups in total. The van der Waals surface area contributed by atoms with Crippen LogP contribution in [0.4, 0.5) is 0 Å². The predicted octanol–water partition coefficient (Wildman–Crippen LogP) is 3.16. The first kappa shape index (κ1) is 10.2. The number of hydrogen-bond acceptors (Lipinski definition) is 2. The minimum Gasteiger partial charge on any atom is -0.391 e. The van der Waals surface area contributed by atoms with Crippen molar-refractivity contribution in [3.05, 3.63) is 35.4 Å². The zero-order chi connectivity index (χ0) is 10.5. The van der Waals surface area contributed by atoms with E-state index < -0.39 is 0 Å². The number of benzene rings is 1. The van der Waals surface area contributed by atoms with Crippen molar-refractivity contribution in [3.8, 4) is 0 Å². The third kappa shape index (κ3) is 3.39. The van der Waals surface area contributed by atoms with Gasteiger partial charge in [0.2, 0.25) is 0 Å². The van der Waals surface area contributed by atoms with E-state index in [4.69, 9.17) is 4.84 Å². The molecule has 0 unspecified atom stereocenters. The van der Waals surface area contributed by atoms with Crippen LogP contribution in [-0.2, 0) is 17.9 Å². The smallest absolute Gasteiger partial charge is 0.142 e. The van der Waals surface area contributed by atoms with E-state index in [0.29, 0.717) is 12.5 Å². The molecule has 0 amide bonds. The Kier molecular flexibility index (Phi) is 3.38. The molecule has 0 spiro atoms. The topological polar surface area (TPSA) is 21.6 Å². The largest absolute Gasteiger partial charge is 0.391 e. The minimum atomic E-state index is 0.580. The number of aryl methyl sites for hydroxylation is 1. The highest BCUT2D eigenvalue weighted by Gasteiger charge is 2.18. The molecule has 0 aromatic heterocycles. The molecule has 1 saturated carbocycles. The van der Waals surface area contributed by atoms with Crippen molar-refractivity contribution in [2.75, 3.05) is 0 Å². The lowest BCUT2D eigenvalue weighted by Gasteiger charge is -2.02. The van der Waals surface area contributed by atoms with E-state index in [-0.39, 0.29) is 0 Å². The lowest BCUT2D eigenvalue weighted by Crippen LogP contribution is -1.90. The van der Waals surface area contributed by atoms with Gasteiger partial charge in [0, 0.05) is 6.21 Å². The second kappa shape index (κ2) is 4.96. The van der Waals surface area contributed by atoms with Gasteiger partial charge in [-0.25, -0.2) is 0 Å². The first-order valence-electron chi connectivity index (χ1n) is 5.61. The zero-order valence-electron chi connectivity index (χ0n) is 9.15. The van der Waals surface area contributed by atoms with Crippen molar-refractivity contribution in [2.24, 2.45) is 11.1 Å². The van der Waals surface area contributed by atoms with Crippen molar-refractivity contribution in [3.63, 3.8) is 0 Å². The Morgan fingerprint density at radius 3 is 2.93 bits per heavy atom. The van der Waals surface area contributed by atoms with E-state index in [1.165, 1.54) is 24.0 Å². The van der Waals surface area contributed by atoms with Crippen LogP contribution in [0.2, 0.25) is 0 Å².